The monoisotopic (exact) mass is 345 g/mol. The molecule has 1 saturated heterocycles. The van der Waals surface area contributed by atoms with Gasteiger partial charge in [-0.15, -0.1) is 0 Å². The summed E-state index contributed by atoms with van der Waals surface area (Å²) in [7, 11) is -3.39. The van der Waals surface area contributed by atoms with Gasteiger partial charge in [-0.2, -0.15) is 0 Å². The lowest BCUT2D eigenvalue weighted by Crippen LogP contribution is -2.38. The molecule has 6 heteroatoms. The van der Waals surface area contributed by atoms with Gasteiger partial charge in [-0.1, -0.05) is 24.3 Å². The maximum atomic E-state index is 12.3. The number of nitrogens with one attached hydrogen (secondary N) is 1. The summed E-state index contributed by atoms with van der Waals surface area (Å²) in [6.45, 7) is 3.41. The first-order chi connectivity index (χ1) is 11.6. The molecule has 2 heterocycles. The van der Waals surface area contributed by atoms with Crippen molar-refractivity contribution in [1.29, 1.82) is 0 Å². The van der Waals surface area contributed by atoms with Crippen molar-refractivity contribution in [2.24, 2.45) is 5.92 Å². The number of hydrogen-bond acceptors (Lipinski definition) is 4. The Balaban J connectivity index is 1.46. The Bertz CT molecular complexity index is 727. The highest BCUT2D eigenvalue weighted by molar-refractivity contribution is 7.89. The molecule has 1 aromatic carbocycles. The van der Waals surface area contributed by atoms with Crippen LogP contribution in [0.1, 0.15) is 18.4 Å². The zero-order chi connectivity index (χ0) is 16.8. The molecule has 0 saturated carbocycles. The standard InChI is InChI=1S/C18H23N3O2S/c22-24(23,18-6-2-1-3-7-18)20-14-16-8-11-21(12-9-16)15-17-5-4-10-19-13-17/h1-7,10,13,16,20H,8-9,11-12,14-15H2. The molecule has 1 aromatic heterocycles. The summed E-state index contributed by atoms with van der Waals surface area (Å²) in [5.41, 5.74) is 1.22. The molecule has 1 fully saturated rings. The van der Waals surface area contributed by atoms with E-state index in [0.29, 0.717) is 17.4 Å². The molecule has 0 bridgehead atoms. The van der Waals surface area contributed by atoms with E-state index in [1.165, 1.54) is 5.56 Å². The molecule has 0 aliphatic carbocycles. The maximum Gasteiger partial charge on any atom is 0.240 e. The Morgan fingerprint density at radius 3 is 2.50 bits per heavy atom. The maximum absolute atomic E-state index is 12.3. The van der Waals surface area contributed by atoms with Gasteiger partial charge in [0.1, 0.15) is 0 Å². The first-order valence-corrected chi connectivity index (χ1v) is 9.78. The van der Waals surface area contributed by atoms with Gasteiger partial charge >= 0.3 is 0 Å². The molecular weight excluding hydrogens is 322 g/mol. The van der Waals surface area contributed by atoms with Crippen molar-refractivity contribution in [3.05, 3.63) is 60.4 Å². The van der Waals surface area contributed by atoms with E-state index in [1.807, 2.05) is 18.3 Å². The molecule has 128 valence electrons. The lowest BCUT2D eigenvalue weighted by atomic mass is 9.97. The van der Waals surface area contributed by atoms with E-state index in [0.717, 1.165) is 32.5 Å². The van der Waals surface area contributed by atoms with Crippen LogP contribution in [-0.2, 0) is 16.6 Å². The number of nitrogens with zero attached hydrogens (tertiary/aromatic N) is 2. The average Bonchev–Trinajstić information content (AvgIpc) is 2.63. The third kappa shape index (κ3) is 4.63. The van der Waals surface area contributed by atoms with Crippen LogP contribution in [0.4, 0.5) is 0 Å². The highest BCUT2D eigenvalue weighted by Gasteiger charge is 2.21. The van der Waals surface area contributed by atoms with Crippen LogP contribution >= 0.6 is 0 Å². The molecule has 3 rings (SSSR count). The van der Waals surface area contributed by atoms with Gasteiger partial charge in [-0.25, -0.2) is 13.1 Å². The summed E-state index contributed by atoms with van der Waals surface area (Å²) in [6.07, 6.45) is 5.71. The van der Waals surface area contributed by atoms with Gasteiger partial charge in [0.15, 0.2) is 0 Å². The van der Waals surface area contributed by atoms with Crippen molar-refractivity contribution in [2.45, 2.75) is 24.3 Å². The van der Waals surface area contributed by atoms with Gasteiger partial charge in [0.25, 0.3) is 0 Å². The molecule has 24 heavy (non-hydrogen) atoms. The molecule has 0 unspecified atom stereocenters. The van der Waals surface area contributed by atoms with Crippen LogP contribution < -0.4 is 4.72 Å². The number of pyridine rings is 1. The van der Waals surface area contributed by atoms with E-state index < -0.39 is 10.0 Å². The third-order valence-electron chi connectivity index (χ3n) is 4.45. The normalized spacial score (nSPS) is 17.0. The summed E-state index contributed by atoms with van der Waals surface area (Å²) < 4.78 is 27.3. The summed E-state index contributed by atoms with van der Waals surface area (Å²) in [6, 6.07) is 12.6. The van der Waals surface area contributed by atoms with Crippen LogP contribution in [0.5, 0.6) is 0 Å². The minimum Gasteiger partial charge on any atom is -0.299 e. The molecule has 0 spiro atoms. The number of piperidine rings is 1. The third-order valence-corrected chi connectivity index (χ3v) is 5.89. The summed E-state index contributed by atoms with van der Waals surface area (Å²) in [4.78, 5) is 6.88. The van der Waals surface area contributed by atoms with E-state index in [2.05, 4.69) is 20.7 Å². The fourth-order valence-electron chi connectivity index (χ4n) is 3.01. The lowest BCUT2D eigenvalue weighted by molar-refractivity contribution is 0.178. The van der Waals surface area contributed by atoms with Crippen LogP contribution in [0, 0.1) is 5.92 Å². The second-order valence-corrected chi connectivity index (χ2v) is 8.01. The molecule has 1 N–H and O–H groups in total. The van der Waals surface area contributed by atoms with Crippen LogP contribution in [0.15, 0.2) is 59.8 Å². The van der Waals surface area contributed by atoms with Crippen LogP contribution in [0.3, 0.4) is 0 Å². The summed E-state index contributed by atoms with van der Waals surface area (Å²) in [5, 5.41) is 0. The fraction of sp³-hybridized carbons (Fsp3) is 0.389. The summed E-state index contributed by atoms with van der Waals surface area (Å²) in [5.74, 6) is 0.397. The van der Waals surface area contributed by atoms with Gasteiger partial charge in [0.2, 0.25) is 10.0 Å². The smallest absolute Gasteiger partial charge is 0.240 e. The number of rotatable bonds is 6. The Labute approximate surface area is 143 Å². The molecule has 1 aliphatic rings. The van der Waals surface area contributed by atoms with Crippen molar-refractivity contribution >= 4 is 10.0 Å². The van der Waals surface area contributed by atoms with Gasteiger partial charge in [0, 0.05) is 25.5 Å². The molecular formula is C18H23N3O2S. The number of sulfonamides is 1. The predicted octanol–water partition coefficient (Wildman–Crippen LogP) is 2.27. The second kappa shape index (κ2) is 7.88. The summed E-state index contributed by atoms with van der Waals surface area (Å²) >= 11 is 0. The molecule has 1 aliphatic heterocycles. The first-order valence-electron chi connectivity index (χ1n) is 8.29. The number of hydrogen-bond donors (Lipinski definition) is 1. The van der Waals surface area contributed by atoms with Gasteiger partial charge in [0.05, 0.1) is 4.90 Å². The molecule has 0 atom stereocenters. The molecule has 0 radical (unpaired) electrons. The molecule has 0 amide bonds. The quantitative estimate of drug-likeness (QED) is 0.872. The number of aromatic nitrogens is 1. The Hall–Kier alpha value is -1.76. The minimum absolute atomic E-state index is 0.332. The van der Waals surface area contributed by atoms with Crippen molar-refractivity contribution < 1.29 is 8.42 Å². The highest BCUT2D eigenvalue weighted by atomic mass is 32.2. The Morgan fingerprint density at radius 2 is 1.83 bits per heavy atom. The largest absolute Gasteiger partial charge is 0.299 e. The minimum atomic E-state index is -3.39. The van der Waals surface area contributed by atoms with Gasteiger partial charge < -0.3 is 0 Å². The SMILES string of the molecule is O=S(=O)(NCC1CCN(Cc2cccnc2)CC1)c1ccccc1. The topological polar surface area (TPSA) is 62.3 Å². The van der Waals surface area contributed by atoms with E-state index in [4.69, 9.17) is 0 Å². The van der Waals surface area contributed by atoms with Gasteiger partial charge in [-0.05, 0) is 55.6 Å². The van der Waals surface area contributed by atoms with Crippen LogP contribution in [0.2, 0.25) is 0 Å². The van der Waals surface area contributed by atoms with Crippen molar-refractivity contribution in [3.63, 3.8) is 0 Å². The molecule has 5 nitrogen and oxygen atoms in total. The Morgan fingerprint density at radius 1 is 1.08 bits per heavy atom. The van der Waals surface area contributed by atoms with Crippen molar-refractivity contribution in [2.75, 3.05) is 19.6 Å². The van der Waals surface area contributed by atoms with Gasteiger partial charge in [-0.3, -0.25) is 9.88 Å². The van der Waals surface area contributed by atoms with E-state index in [1.54, 1.807) is 30.5 Å². The average molecular weight is 345 g/mol. The van der Waals surface area contributed by atoms with Crippen molar-refractivity contribution in [3.8, 4) is 0 Å². The van der Waals surface area contributed by atoms with E-state index in [9.17, 15) is 8.42 Å². The number of likely N-dealkylation sites (tertiary alicyclic amines) is 1. The fourth-order valence-corrected chi connectivity index (χ4v) is 4.15. The zero-order valence-electron chi connectivity index (χ0n) is 13.6. The van der Waals surface area contributed by atoms with E-state index >= 15 is 0 Å². The Kier molecular flexibility index (Phi) is 5.60. The van der Waals surface area contributed by atoms with E-state index in [-0.39, 0.29) is 0 Å². The van der Waals surface area contributed by atoms with Crippen LogP contribution in [-0.4, -0.2) is 37.9 Å². The number of benzene rings is 1. The highest BCUT2D eigenvalue weighted by Crippen LogP contribution is 2.19. The zero-order valence-corrected chi connectivity index (χ0v) is 14.5. The first kappa shape index (κ1) is 17.1. The second-order valence-electron chi connectivity index (χ2n) is 6.25. The lowest BCUT2D eigenvalue weighted by Gasteiger charge is -2.31. The van der Waals surface area contributed by atoms with Crippen LogP contribution in [0.25, 0.3) is 0 Å². The predicted molar refractivity (Wildman–Crippen MR) is 93.9 cm³/mol. The van der Waals surface area contributed by atoms with Crippen molar-refractivity contribution in [1.82, 2.24) is 14.6 Å². The molecule has 2 aromatic rings.